The van der Waals surface area contributed by atoms with Crippen molar-refractivity contribution in [2.75, 3.05) is 23.3 Å². The molecule has 0 unspecified atom stereocenters. The molecule has 108 valence electrons. The van der Waals surface area contributed by atoms with Gasteiger partial charge in [-0.25, -0.2) is 0 Å². The average Bonchev–Trinajstić information content (AvgIpc) is 2.71. The second-order valence-electron chi connectivity index (χ2n) is 4.88. The third kappa shape index (κ3) is 2.85. The number of carbonyl (C=O) groups excluding carboxylic acids is 1. The van der Waals surface area contributed by atoms with Crippen LogP contribution in [0.3, 0.4) is 0 Å². The summed E-state index contributed by atoms with van der Waals surface area (Å²) in [7, 11) is 0. The first-order valence-corrected chi connectivity index (χ1v) is 7.52. The number of nitrogens with one attached hydrogen (secondary N) is 1. The Labute approximate surface area is 133 Å². The zero-order valence-corrected chi connectivity index (χ0v) is 12.8. The fraction of sp³-hybridized carbons (Fsp3) is 0.188. The minimum atomic E-state index is -0.0651. The smallest absolute Gasteiger partial charge is 0.258 e. The normalized spacial score (nSPS) is 14.1. The van der Waals surface area contributed by atoms with Crippen LogP contribution in [0.4, 0.5) is 11.4 Å². The van der Waals surface area contributed by atoms with Crippen LogP contribution in [0.2, 0.25) is 10.0 Å². The largest absolute Gasteiger partial charge is 0.383 e. The zero-order valence-electron chi connectivity index (χ0n) is 11.3. The Balaban J connectivity index is 1.99. The van der Waals surface area contributed by atoms with Gasteiger partial charge in [-0.3, -0.25) is 4.79 Å². The molecule has 1 heterocycles. The first-order chi connectivity index (χ1) is 10.2. The van der Waals surface area contributed by atoms with E-state index in [0.29, 0.717) is 22.2 Å². The molecule has 0 bridgehead atoms. The maximum absolute atomic E-state index is 12.8. The minimum absolute atomic E-state index is 0.0651. The van der Waals surface area contributed by atoms with Gasteiger partial charge in [0.05, 0.1) is 21.4 Å². The van der Waals surface area contributed by atoms with Crippen LogP contribution in [-0.4, -0.2) is 19.0 Å². The molecule has 1 aliphatic heterocycles. The van der Waals surface area contributed by atoms with E-state index in [4.69, 9.17) is 23.2 Å². The van der Waals surface area contributed by atoms with E-state index in [1.54, 1.807) is 23.1 Å². The summed E-state index contributed by atoms with van der Waals surface area (Å²) in [5.74, 6) is -0.0651. The minimum Gasteiger partial charge on any atom is -0.383 e. The lowest BCUT2D eigenvalue weighted by atomic mass is 10.1. The maximum atomic E-state index is 12.8. The number of halogens is 2. The van der Waals surface area contributed by atoms with Crippen molar-refractivity contribution in [1.29, 1.82) is 0 Å². The molecule has 3 nitrogen and oxygen atoms in total. The van der Waals surface area contributed by atoms with Gasteiger partial charge in [0.1, 0.15) is 0 Å². The molecule has 0 saturated heterocycles. The standard InChI is InChI=1S/C16H14Cl2N2O/c17-12-7-6-11(10-13(12)18)16(21)20-9-3-8-19-14-4-1-2-5-15(14)20/h1-2,4-7,10,19H,3,8-9H2. The Morgan fingerprint density at radius 3 is 2.71 bits per heavy atom. The molecule has 2 aromatic rings. The van der Waals surface area contributed by atoms with E-state index in [1.165, 1.54) is 0 Å². The number of nitrogens with zero attached hydrogens (tertiary/aromatic N) is 1. The van der Waals surface area contributed by atoms with Crippen LogP contribution >= 0.6 is 23.2 Å². The molecule has 0 atom stereocenters. The lowest BCUT2D eigenvalue weighted by molar-refractivity contribution is 0.0987. The summed E-state index contributed by atoms with van der Waals surface area (Å²) in [4.78, 5) is 14.6. The molecule has 0 spiro atoms. The van der Waals surface area contributed by atoms with Crippen molar-refractivity contribution >= 4 is 40.5 Å². The molecule has 2 aromatic carbocycles. The van der Waals surface area contributed by atoms with Crippen molar-refractivity contribution in [3.8, 4) is 0 Å². The summed E-state index contributed by atoms with van der Waals surface area (Å²) in [5.41, 5.74) is 2.41. The SMILES string of the molecule is O=C(c1ccc(Cl)c(Cl)c1)N1CCCNc2ccccc21. The average molecular weight is 321 g/mol. The van der Waals surface area contributed by atoms with E-state index >= 15 is 0 Å². The number of rotatable bonds is 1. The fourth-order valence-electron chi connectivity index (χ4n) is 2.44. The van der Waals surface area contributed by atoms with Crippen LogP contribution in [0.5, 0.6) is 0 Å². The van der Waals surface area contributed by atoms with Crippen LogP contribution in [0.25, 0.3) is 0 Å². The summed E-state index contributed by atoms with van der Waals surface area (Å²) >= 11 is 11.9. The van der Waals surface area contributed by atoms with Crippen molar-refractivity contribution in [1.82, 2.24) is 0 Å². The zero-order chi connectivity index (χ0) is 14.8. The van der Waals surface area contributed by atoms with E-state index in [9.17, 15) is 4.79 Å². The topological polar surface area (TPSA) is 32.3 Å². The number of hydrogen-bond acceptors (Lipinski definition) is 2. The van der Waals surface area contributed by atoms with Gasteiger partial charge in [-0.2, -0.15) is 0 Å². The number of fused-ring (bicyclic) bond motifs is 1. The van der Waals surface area contributed by atoms with Gasteiger partial charge in [-0.15, -0.1) is 0 Å². The van der Waals surface area contributed by atoms with Crippen LogP contribution in [0, 0.1) is 0 Å². The van der Waals surface area contributed by atoms with Crippen LogP contribution in [0.15, 0.2) is 42.5 Å². The summed E-state index contributed by atoms with van der Waals surface area (Å²) in [5, 5.41) is 4.18. The Kier molecular flexibility index (Phi) is 4.04. The van der Waals surface area contributed by atoms with Crippen molar-refractivity contribution in [3.05, 3.63) is 58.1 Å². The Morgan fingerprint density at radius 2 is 1.90 bits per heavy atom. The van der Waals surface area contributed by atoms with Gasteiger partial charge in [0.2, 0.25) is 0 Å². The number of benzene rings is 2. The number of carbonyl (C=O) groups is 1. The van der Waals surface area contributed by atoms with E-state index in [-0.39, 0.29) is 5.91 Å². The van der Waals surface area contributed by atoms with Crippen molar-refractivity contribution in [2.45, 2.75) is 6.42 Å². The molecule has 0 aromatic heterocycles. The van der Waals surface area contributed by atoms with Gasteiger partial charge in [0.15, 0.2) is 0 Å². The van der Waals surface area contributed by atoms with Crippen LogP contribution < -0.4 is 10.2 Å². The van der Waals surface area contributed by atoms with E-state index in [2.05, 4.69) is 5.32 Å². The molecule has 21 heavy (non-hydrogen) atoms. The molecule has 1 N–H and O–H groups in total. The van der Waals surface area contributed by atoms with E-state index < -0.39 is 0 Å². The number of amides is 1. The third-order valence-corrected chi connectivity index (χ3v) is 4.22. The molecule has 1 amide bonds. The fourth-order valence-corrected chi connectivity index (χ4v) is 2.73. The molecular weight excluding hydrogens is 307 g/mol. The quantitative estimate of drug-likeness (QED) is 0.841. The highest BCUT2D eigenvalue weighted by molar-refractivity contribution is 6.42. The summed E-state index contributed by atoms with van der Waals surface area (Å²) < 4.78 is 0. The van der Waals surface area contributed by atoms with Gasteiger partial charge in [0.25, 0.3) is 5.91 Å². The number of para-hydroxylation sites is 2. The van der Waals surface area contributed by atoms with Gasteiger partial charge in [0, 0.05) is 18.7 Å². The Hall–Kier alpha value is -1.71. The van der Waals surface area contributed by atoms with Crippen molar-refractivity contribution in [3.63, 3.8) is 0 Å². The van der Waals surface area contributed by atoms with Crippen molar-refractivity contribution < 1.29 is 4.79 Å². The molecule has 0 fully saturated rings. The molecular formula is C16H14Cl2N2O. The van der Waals surface area contributed by atoms with Gasteiger partial charge in [-0.05, 0) is 36.8 Å². The summed E-state index contributed by atoms with van der Waals surface area (Å²) in [6, 6.07) is 12.8. The second-order valence-corrected chi connectivity index (χ2v) is 5.70. The molecule has 1 aliphatic rings. The lowest BCUT2D eigenvalue weighted by Crippen LogP contribution is -2.31. The van der Waals surface area contributed by atoms with Gasteiger partial charge < -0.3 is 10.2 Å². The monoisotopic (exact) mass is 320 g/mol. The maximum Gasteiger partial charge on any atom is 0.258 e. The molecule has 5 heteroatoms. The van der Waals surface area contributed by atoms with E-state index in [0.717, 1.165) is 24.3 Å². The molecule has 0 saturated carbocycles. The Morgan fingerprint density at radius 1 is 1.10 bits per heavy atom. The predicted molar refractivity (Wildman–Crippen MR) is 87.7 cm³/mol. The van der Waals surface area contributed by atoms with Crippen LogP contribution in [-0.2, 0) is 0 Å². The highest BCUT2D eigenvalue weighted by Gasteiger charge is 2.22. The summed E-state index contributed by atoms with van der Waals surface area (Å²) in [6.45, 7) is 1.52. The van der Waals surface area contributed by atoms with Gasteiger partial charge in [-0.1, -0.05) is 35.3 Å². The Bertz CT molecular complexity index is 688. The predicted octanol–water partition coefficient (Wildman–Crippen LogP) is 4.46. The first kappa shape index (κ1) is 14.2. The summed E-state index contributed by atoms with van der Waals surface area (Å²) in [6.07, 6.45) is 0.891. The molecule has 3 rings (SSSR count). The van der Waals surface area contributed by atoms with Crippen molar-refractivity contribution in [2.24, 2.45) is 0 Å². The molecule has 0 radical (unpaired) electrons. The van der Waals surface area contributed by atoms with Gasteiger partial charge >= 0.3 is 0 Å². The van der Waals surface area contributed by atoms with Crippen LogP contribution in [0.1, 0.15) is 16.8 Å². The number of anilines is 2. The second kappa shape index (κ2) is 5.96. The number of hydrogen-bond donors (Lipinski definition) is 1. The highest BCUT2D eigenvalue weighted by atomic mass is 35.5. The third-order valence-electron chi connectivity index (χ3n) is 3.48. The lowest BCUT2D eigenvalue weighted by Gasteiger charge is -2.22. The first-order valence-electron chi connectivity index (χ1n) is 6.76. The molecule has 0 aliphatic carbocycles. The highest BCUT2D eigenvalue weighted by Crippen LogP contribution is 2.30. The van der Waals surface area contributed by atoms with E-state index in [1.807, 2.05) is 24.3 Å².